The van der Waals surface area contributed by atoms with Crippen molar-refractivity contribution in [1.29, 1.82) is 0 Å². The maximum Gasteiger partial charge on any atom is 0.126 e. The molecule has 2 rings (SSSR count). The van der Waals surface area contributed by atoms with Crippen LogP contribution in [0.15, 0.2) is 42.5 Å². The van der Waals surface area contributed by atoms with Gasteiger partial charge in [0.1, 0.15) is 17.4 Å². The third kappa shape index (κ3) is 3.78. The summed E-state index contributed by atoms with van der Waals surface area (Å²) in [5.74, 6) is -0.578. The van der Waals surface area contributed by atoms with E-state index in [-0.39, 0.29) is 6.42 Å². The second-order valence-electron chi connectivity index (χ2n) is 4.65. The van der Waals surface area contributed by atoms with Crippen molar-refractivity contribution in [3.8, 4) is 5.75 Å². The molecule has 0 saturated heterocycles. The molecule has 0 aromatic heterocycles. The maximum absolute atomic E-state index is 13.1. The predicted octanol–water partition coefficient (Wildman–Crippen LogP) is 3.12. The zero-order valence-electron chi connectivity index (χ0n) is 11.1. The summed E-state index contributed by atoms with van der Waals surface area (Å²) < 4.78 is 31.4. The lowest BCUT2D eigenvalue weighted by Gasteiger charge is -2.13. The first-order valence-corrected chi connectivity index (χ1v) is 6.33. The van der Waals surface area contributed by atoms with E-state index in [1.807, 2.05) is 24.3 Å². The molecule has 0 aliphatic carbocycles. The average Bonchev–Trinajstić information content (AvgIpc) is 2.37. The molecule has 0 aliphatic heterocycles. The van der Waals surface area contributed by atoms with Gasteiger partial charge in [0.2, 0.25) is 0 Å². The van der Waals surface area contributed by atoms with Crippen LogP contribution in [0, 0.1) is 11.6 Å². The van der Waals surface area contributed by atoms with Gasteiger partial charge in [0.05, 0.1) is 13.2 Å². The van der Waals surface area contributed by atoms with Crippen LogP contribution < -0.4 is 4.74 Å². The van der Waals surface area contributed by atoms with E-state index >= 15 is 0 Å². The van der Waals surface area contributed by atoms with Crippen LogP contribution in [0.2, 0.25) is 0 Å². The molecule has 106 valence electrons. The van der Waals surface area contributed by atoms with Crippen molar-refractivity contribution in [1.82, 2.24) is 0 Å². The topological polar surface area (TPSA) is 29.5 Å². The Bertz CT molecular complexity index is 564. The number of aliphatic hydroxyl groups is 1. The highest BCUT2D eigenvalue weighted by Gasteiger charge is 2.11. The molecule has 0 radical (unpaired) electrons. The highest BCUT2D eigenvalue weighted by molar-refractivity contribution is 5.34. The van der Waals surface area contributed by atoms with Gasteiger partial charge in [-0.15, -0.1) is 0 Å². The summed E-state index contributed by atoms with van der Waals surface area (Å²) in [7, 11) is 1.56. The van der Waals surface area contributed by atoms with Crippen molar-refractivity contribution < 1.29 is 18.6 Å². The summed E-state index contributed by atoms with van der Waals surface area (Å²) in [5.41, 5.74) is 1.30. The number of hydrogen-bond acceptors (Lipinski definition) is 2. The van der Waals surface area contributed by atoms with Gasteiger partial charge >= 0.3 is 0 Å². The van der Waals surface area contributed by atoms with Crippen LogP contribution in [-0.4, -0.2) is 18.3 Å². The quantitative estimate of drug-likeness (QED) is 0.910. The highest BCUT2D eigenvalue weighted by atomic mass is 19.1. The lowest BCUT2D eigenvalue weighted by Crippen LogP contribution is -2.14. The van der Waals surface area contributed by atoms with Gasteiger partial charge in [-0.1, -0.05) is 18.2 Å². The molecular weight excluding hydrogens is 262 g/mol. The van der Waals surface area contributed by atoms with Gasteiger partial charge in [-0.2, -0.15) is 0 Å². The Kier molecular flexibility index (Phi) is 4.69. The Morgan fingerprint density at radius 3 is 2.35 bits per heavy atom. The van der Waals surface area contributed by atoms with Gasteiger partial charge in [0.15, 0.2) is 0 Å². The first kappa shape index (κ1) is 14.5. The average molecular weight is 278 g/mol. The van der Waals surface area contributed by atoms with Gasteiger partial charge in [0, 0.05) is 12.5 Å². The van der Waals surface area contributed by atoms with E-state index in [9.17, 15) is 13.9 Å². The molecular formula is C16H16F2O2. The fourth-order valence-corrected chi connectivity index (χ4v) is 2.20. The number of hydrogen-bond donors (Lipinski definition) is 1. The number of ether oxygens (including phenoxy) is 1. The Hall–Kier alpha value is -1.94. The molecule has 0 spiro atoms. The number of aliphatic hydroxyl groups excluding tert-OH is 1. The van der Waals surface area contributed by atoms with Crippen LogP contribution >= 0.6 is 0 Å². The normalized spacial score (nSPS) is 12.2. The first-order chi connectivity index (χ1) is 9.58. The summed E-state index contributed by atoms with van der Waals surface area (Å²) in [6.07, 6.45) is -0.179. The van der Waals surface area contributed by atoms with Crippen LogP contribution in [0.5, 0.6) is 5.75 Å². The van der Waals surface area contributed by atoms with Gasteiger partial charge < -0.3 is 9.84 Å². The van der Waals surface area contributed by atoms with Crippen molar-refractivity contribution in [3.05, 3.63) is 65.2 Å². The second kappa shape index (κ2) is 6.48. The largest absolute Gasteiger partial charge is 0.496 e. The molecule has 1 N–H and O–H groups in total. The highest BCUT2D eigenvalue weighted by Crippen LogP contribution is 2.20. The fourth-order valence-electron chi connectivity index (χ4n) is 2.20. The van der Waals surface area contributed by atoms with Gasteiger partial charge in [-0.3, -0.25) is 0 Å². The molecule has 1 unspecified atom stereocenters. The Labute approximate surface area is 116 Å². The molecule has 0 saturated carbocycles. The van der Waals surface area contributed by atoms with E-state index in [1.165, 1.54) is 12.1 Å². The minimum Gasteiger partial charge on any atom is -0.496 e. The van der Waals surface area contributed by atoms with E-state index in [0.717, 1.165) is 11.6 Å². The predicted molar refractivity (Wildman–Crippen MR) is 72.8 cm³/mol. The van der Waals surface area contributed by atoms with Crippen molar-refractivity contribution in [3.63, 3.8) is 0 Å². The summed E-state index contributed by atoms with van der Waals surface area (Å²) in [5, 5.41) is 10.1. The van der Waals surface area contributed by atoms with Crippen molar-refractivity contribution in [2.24, 2.45) is 0 Å². The Morgan fingerprint density at radius 2 is 1.70 bits per heavy atom. The molecule has 0 aliphatic rings. The molecule has 2 aromatic carbocycles. The molecule has 20 heavy (non-hydrogen) atoms. The first-order valence-electron chi connectivity index (χ1n) is 6.33. The molecule has 0 amide bonds. The molecule has 0 heterocycles. The van der Waals surface area contributed by atoms with E-state index in [4.69, 9.17) is 4.74 Å². The summed E-state index contributed by atoms with van der Waals surface area (Å²) in [6, 6.07) is 10.6. The zero-order chi connectivity index (χ0) is 14.5. The smallest absolute Gasteiger partial charge is 0.126 e. The maximum atomic E-state index is 13.1. The zero-order valence-corrected chi connectivity index (χ0v) is 11.1. The summed E-state index contributed by atoms with van der Waals surface area (Å²) >= 11 is 0. The molecule has 1 atom stereocenters. The van der Waals surface area contributed by atoms with Crippen molar-refractivity contribution in [2.45, 2.75) is 18.9 Å². The van der Waals surface area contributed by atoms with E-state index in [2.05, 4.69) is 0 Å². The van der Waals surface area contributed by atoms with Crippen molar-refractivity contribution >= 4 is 0 Å². The van der Waals surface area contributed by atoms with Crippen LogP contribution in [-0.2, 0) is 12.8 Å². The minimum atomic E-state index is -0.729. The van der Waals surface area contributed by atoms with E-state index < -0.39 is 17.7 Å². The minimum absolute atomic E-state index is 0.187. The number of benzene rings is 2. The second-order valence-corrected chi connectivity index (χ2v) is 4.65. The molecule has 2 nitrogen and oxygen atoms in total. The van der Waals surface area contributed by atoms with Crippen LogP contribution in [0.1, 0.15) is 11.1 Å². The number of halogens is 2. The van der Waals surface area contributed by atoms with Crippen LogP contribution in [0.4, 0.5) is 8.78 Å². The third-order valence-corrected chi connectivity index (χ3v) is 3.04. The van der Waals surface area contributed by atoms with Gasteiger partial charge in [0.25, 0.3) is 0 Å². The Morgan fingerprint density at radius 1 is 1.05 bits per heavy atom. The molecule has 0 bridgehead atoms. The summed E-state index contributed by atoms with van der Waals surface area (Å²) in [6.45, 7) is 0. The monoisotopic (exact) mass is 278 g/mol. The summed E-state index contributed by atoms with van der Waals surface area (Å²) in [4.78, 5) is 0. The lowest BCUT2D eigenvalue weighted by molar-refractivity contribution is 0.174. The van der Waals surface area contributed by atoms with E-state index in [1.54, 1.807) is 7.11 Å². The van der Waals surface area contributed by atoms with Crippen LogP contribution in [0.3, 0.4) is 0 Å². The molecule has 2 aromatic rings. The fraction of sp³-hybridized carbons (Fsp3) is 0.250. The number of rotatable bonds is 5. The number of para-hydroxylation sites is 1. The van der Waals surface area contributed by atoms with Gasteiger partial charge in [-0.05, 0) is 35.7 Å². The number of methoxy groups -OCH3 is 1. The molecule has 0 fully saturated rings. The lowest BCUT2D eigenvalue weighted by atomic mass is 10.0. The SMILES string of the molecule is COc1ccccc1CC(O)Cc1cc(F)cc(F)c1. The standard InChI is InChI=1S/C16H16F2O2/c1-20-16-5-3-2-4-12(16)9-15(19)8-11-6-13(17)10-14(18)7-11/h2-7,10,15,19H,8-9H2,1H3. The van der Waals surface area contributed by atoms with E-state index in [0.29, 0.717) is 17.7 Å². The third-order valence-electron chi connectivity index (χ3n) is 3.04. The molecule has 4 heteroatoms. The van der Waals surface area contributed by atoms with Gasteiger partial charge in [-0.25, -0.2) is 8.78 Å². The van der Waals surface area contributed by atoms with Crippen molar-refractivity contribution in [2.75, 3.05) is 7.11 Å². The van der Waals surface area contributed by atoms with Crippen LogP contribution in [0.25, 0.3) is 0 Å². The Balaban J connectivity index is 2.07.